The van der Waals surface area contributed by atoms with Crippen LogP contribution in [-0.2, 0) is 35.4 Å². The highest BCUT2D eigenvalue weighted by Crippen LogP contribution is 2.48. The molecule has 4 fully saturated rings. The molecule has 19 nitrogen and oxygen atoms in total. The molecule has 9 N–H and O–H groups in total. The SMILES string of the molecule is C[C@@H]1S[C@@H]2[C@H](NC(=O)/C(=N\OC(C)(C)C(=O)O)c3csc(N)n3)C(=O)N2C(C(=O)O)=C1C[N+]12CCC(C(=O)NCc3c[nH]c4cc(O)c(O)cc4c3=O)(CC1)CC2. The average molecular weight is 826 g/mol. The third kappa shape index (κ3) is 7.03. The quantitative estimate of drug-likeness (QED) is 0.0416. The number of nitrogens with two attached hydrogens (primary N) is 1. The zero-order chi connectivity index (χ0) is 41.2. The number of fused-ring (bicyclic) bond motifs is 5. The second-order valence-electron chi connectivity index (χ2n) is 15.3. The topological polar surface area (TPSA) is 287 Å². The number of H-pyrrole nitrogens is 1. The molecule has 0 unspecified atom stereocenters. The lowest BCUT2D eigenvalue weighted by Gasteiger charge is -2.56. The number of hydrogen-bond acceptors (Lipinski definition) is 14. The van der Waals surface area contributed by atoms with Crippen molar-refractivity contribution in [3.63, 3.8) is 0 Å². The number of carbonyl (C=O) groups is 5. The third-order valence-electron chi connectivity index (χ3n) is 11.4. The monoisotopic (exact) mass is 825 g/mol. The molecule has 302 valence electrons. The van der Waals surface area contributed by atoms with Gasteiger partial charge in [-0.2, -0.15) is 0 Å². The number of carboxylic acids is 2. The van der Waals surface area contributed by atoms with Crippen LogP contribution in [0.5, 0.6) is 11.5 Å². The molecule has 0 saturated carbocycles. The summed E-state index contributed by atoms with van der Waals surface area (Å²) in [6.07, 6.45) is 3.09. The van der Waals surface area contributed by atoms with E-state index in [9.17, 15) is 49.2 Å². The molecule has 2 aromatic heterocycles. The Kier molecular flexibility index (Phi) is 9.97. The number of anilines is 1. The lowest BCUT2D eigenvalue weighted by Crippen LogP contribution is -2.72. The molecule has 3 atom stereocenters. The van der Waals surface area contributed by atoms with Crippen LogP contribution >= 0.6 is 23.1 Å². The fourth-order valence-corrected chi connectivity index (χ4v) is 9.84. The number of thiazole rings is 1. The van der Waals surface area contributed by atoms with Crippen LogP contribution in [0.25, 0.3) is 10.9 Å². The average Bonchev–Trinajstić information content (AvgIpc) is 3.60. The van der Waals surface area contributed by atoms with Crippen molar-refractivity contribution in [3.8, 4) is 11.5 Å². The second-order valence-corrected chi connectivity index (χ2v) is 17.7. The molecule has 0 aliphatic carbocycles. The third-order valence-corrected chi connectivity index (χ3v) is 13.6. The summed E-state index contributed by atoms with van der Waals surface area (Å²) in [5.74, 6) is -5.11. The Balaban J connectivity index is 1.03. The number of aromatic amines is 1. The Morgan fingerprint density at radius 2 is 1.79 bits per heavy atom. The van der Waals surface area contributed by atoms with Gasteiger partial charge in [0.2, 0.25) is 11.5 Å². The van der Waals surface area contributed by atoms with Crippen molar-refractivity contribution in [3.05, 3.63) is 56.5 Å². The Hall–Kier alpha value is -5.67. The Labute approximate surface area is 332 Å². The van der Waals surface area contributed by atoms with E-state index in [1.807, 2.05) is 6.92 Å². The van der Waals surface area contributed by atoms with Gasteiger partial charge in [-0.15, -0.1) is 23.1 Å². The van der Waals surface area contributed by atoms with E-state index in [1.54, 1.807) is 0 Å². The molecule has 57 heavy (non-hydrogen) atoms. The van der Waals surface area contributed by atoms with Gasteiger partial charge in [0, 0.05) is 65.2 Å². The van der Waals surface area contributed by atoms with Crippen LogP contribution in [0.4, 0.5) is 5.13 Å². The number of nitrogens with one attached hydrogen (secondary N) is 3. The fourth-order valence-electron chi connectivity index (χ4n) is 7.85. The van der Waals surface area contributed by atoms with Gasteiger partial charge in [-0.25, -0.2) is 14.6 Å². The van der Waals surface area contributed by atoms with Crippen molar-refractivity contribution in [1.29, 1.82) is 0 Å². The van der Waals surface area contributed by atoms with Gasteiger partial charge < -0.3 is 51.1 Å². The van der Waals surface area contributed by atoms with Crippen molar-refractivity contribution in [2.24, 2.45) is 10.6 Å². The summed E-state index contributed by atoms with van der Waals surface area (Å²) in [4.78, 5) is 91.7. The van der Waals surface area contributed by atoms with Crippen molar-refractivity contribution < 1.29 is 53.7 Å². The number of aliphatic carboxylic acids is 2. The first-order valence-corrected chi connectivity index (χ1v) is 19.8. The minimum Gasteiger partial charge on any atom is -0.504 e. The first kappa shape index (κ1) is 39.6. The molecular weight excluding hydrogens is 785 g/mol. The molecule has 0 spiro atoms. The molecule has 5 aliphatic heterocycles. The minimum atomic E-state index is -1.80. The van der Waals surface area contributed by atoms with Gasteiger partial charge in [0.05, 0.1) is 30.6 Å². The number of phenolic OH excluding ortho intramolecular Hbond substituents is 2. The van der Waals surface area contributed by atoms with Gasteiger partial charge in [-0.3, -0.25) is 24.1 Å². The molecule has 2 bridgehead atoms. The van der Waals surface area contributed by atoms with E-state index in [-0.39, 0.29) is 50.8 Å². The summed E-state index contributed by atoms with van der Waals surface area (Å²) in [6, 6.07) is 1.30. The summed E-state index contributed by atoms with van der Waals surface area (Å²) >= 11 is 2.34. The molecule has 4 saturated heterocycles. The number of carbonyl (C=O) groups excluding carboxylic acids is 3. The molecule has 3 aromatic rings. The van der Waals surface area contributed by atoms with Crippen LogP contribution in [0.1, 0.15) is 51.3 Å². The maximum absolute atomic E-state index is 13.7. The number of hydrogen-bond donors (Lipinski definition) is 8. The van der Waals surface area contributed by atoms with Gasteiger partial charge in [-0.1, -0.05) is 5.16 Å². The number of amides is 3. The predicted octanol–water partition coefficient (Wildman–Crippen LogP) is 1.01. The number of rotatable bonds is 12. The summed E-state index contributed by atoms with van der Waals surface area (Å²) in [6.45, 7) is 6.45. The van der Waals surface area contributed by atoms with Crippen molar-refractivity contribution in [2.75, 3.05) is 31.9 Å². The van der Waals surface area contributed by atoms with Crippen LogP contribution in [0, 0.1) is 5.41 Å². The molecule has 5 aliphatic rings. The Bertz CT molecular complexity index is 2330. The first-order chi connectivity index (χ1) is 26.8. The maximum Gasteiger partial charge on any atom is 0.352 e. The number of carboxylic acid groups (broad SMARTS) is 2. The molecule has 21 heteroatoms. The van der Waals surface area contributed by atoms with Gasteiger partial charge in [0.15, 0.2) is 27.8 Å². The van der Waals surface area contributed by atoms with Crippen LogP contribution < -0.4 is 21.8 Å². The van der Waals surface area contributed by atoms with Crippen LogP contribution in [0.3, 0.4) is 0 Å². The zero-order valence-corrected chi connectivity index (χ0v) is 32.7. The number of β-lactam (4-membered cyclic amide) rings is 1. The number of aromatic nitrogens is 2. The number of quaternary nitrogens is 1. The molecule has 0 radical (unpaired) electrons. The lowest BCUT2D eigenvalue weighted by molar-refractivity contribution is -0.940. The fraction of sp³-hybridized carbons (Fsp3) is 0.444. The molecule has 3 amide bonds. The van der Waals surface area contributed by atoms with E-state index >= 15 is 0 Å². The van der Waals surface area contributed by atoms with Crippen molar-refractivity contribution in [1.82, 2.24) is 25.5 Å². The van der Waals surface area contributed by atoms with Crippen molar-refractivity contribution >= 4 is 74.5 Å². The van der Waals surface area contributed by atoms with E-state index < -0.39 is 57.6 Å². The lowest BCUT2D eigenvalue weighted by atomic mass is 9.69. The number of aromatic hydroxyl groups is 2. The highest BCUT2D eigenvalue weighted by molar-refractivity contribution is 8.00. The van der Waals surface area contributed by atoms with Crippen molar-refractivity contribution in [2.45, 2.75) is 68.8 Å². The number of phenols is 2. The number of benzene rings is 1. The predicted molar refractivity (Wildman–Crippen MR) is 206 cm³/mol. The van der Waals surface area contributed by atoms with Gasteiger partial charge >= 0.3 is 11.9 Å². The van der Waals surface area contributed by atoms with Gasteiger partial charge in [-0.05, 0) is 26.8 Å². The van der Waals surface area contributed by atoms with Gasteiger partial charge in [0.25, 0.3) is 11.8 Å². The maximum atomic E-state index is 13.7. The largest absolute Gasteiger partial charge is 0.504 e. The number of oxime groups is 1. The number of nitrogen functional groups attached to an aromatic ring is 1. The molecule has 1 aromatic carbocycles. The first-order valence-electron chi connectivity index (χ1n) is 18.0. The number of nitrogens with zero attached hydrogens (tertiary/aromatic N) is 4. The molecular formula is C36H41N8O11S2+. The molecule has 7 heterocycles. The minimum absolute atomic E-state index is 0.000930. The summed E-state index contributed by atoms with van der Waals surface area (Å²) < 4.78 is 0.545. The highest BCUT2D eigenvalue weighted by Gasteiger charge is 2.58. The summed E-state index contributed by atoms with van der Waals surface area (Å²) in [5.41, 5.74) is 3.59. The zero-order valence-electron chi connectivity index (χ0n) is 31.0. The summed E-state index contributed by atoms with van der Waals surface area (Å²) in [7, 11) is 0. The van der Waals surface area contributed by atoms with Gasteiger partial charge in [0.1, 0.15) is 29.4 Å². The van der Waals surface area contributed by atoms with E-state index in [0.29, 0.717) is 66.6 Å². The molecule has 8 rings (SSSR count). The normalized spacial score (nSPS) is 25.8. The summed E-state index contributed by atoms with van der Waals surface area (Å²) in [5, 5.41) is 49.5. The van der Waals surface area contributed by atoms with E-state index in [4.69, 9.17) is 10.6 Å². The van der Waals surface area contributed by atoms with E-state index in [2.05, 4.69) is 25.8 Å². The Morgan fingerprint density at radius 1 is 1.12 bits per heavy atom. The van der Waals surface area contributed by atoms with E-state index in [1.165, 1.54) is 54.2 Å². The van der Waals surface area contributed by atoms with Crippen LogP contribution in [0.2, 0.25) is 0 Å². The Morgan fingerprint density at radius 3 is 2.40 bits per heavy atom. The van der Waals surface area contributed by atoms with Crippen LogP contribution in [-0.4, -0.2) is 124 Å². The second kappa shape index (κ2) is 14.4. The standard InChI is InChI=1S/C36H40N8O11S2/c1-16-19(14-44-7-4-36(5-8-44,6-9-44)32(52)39-13-17-12-38-20-11-23(46)22(45)10-18(20)27(17)47)26(31(50)51)43-29(49)25(30(43)57-16)41-28(48)24(21-15-56-34(37)40-21)42-55-35(2,3)33(53)54/h10-12,15-16,25,30H,4-9,13-14H2,1-3H3,(H8-,37,38,39,40,41,42,45,46,47,48,50,51,52,53,54)/p+1/t16-,25+,30+,36?,44?/m0/s1. The van der Waals surface area contributed by atoms with Crippen LogP contribution in [0.15, 0.2) is 44.9 Å². The smallest absolute Gasteiger partial charge is 0.352 e. The highest BCUT2D eigenvalue weighted by atomic mass is 32.2. The number of thioether (sulfide) groups is 1. The number of piperidine rings is 3. The number of pyridine rings is 1. The van der Waals surface area contributed by atoms with E-state index in [0.717, 1.165) is 11.3 Å².